The lowest BCUT2D eigenvalue weighted by Crippen LogP contribution is -2.48. The van der Waals surface area contributed by atoms with E-state index in [0.717, 1.165) is 12.0 Å². The Bertz CT molecular complexity index is 938. The van der Waals surface area contributed by atoms with E-state index in [2.05, 4.69) is 5.32 Å². The number of hydrogen-bond acceptors (Lipinski definition) is 5. The van der Waals surface area contributed by atoms with E-state index in [1.165, 1.54) is 0 Å². The third kappa shape index (κ3) is 4.16. The van der Waals surface area contributed by atoms with Gasteiger partial charge >= 0.3 is 0 Å². The summed E-state index contributed by atoms with van der Waals surface area (Å²) in [5.41, 5.74) is 1.77. The summed E-state index contributed by atoms with van der Waals surface area (Å²) in [6, 6.07) is 12.2. The zero-order chi connectivity index (χ0) is 20.2. The smallest absolute Gasteiger partial charge is 0.253 e. The highest BCUT2D eigenvalue weighted by Crippen LogP contribution is 2.32. The molecule has 4 rings (SSSR count). The summed E-state index contributed by atoms with van der Waals surface area (Å²) < 4.78 is 10.6. The first-order chi connectivity index (χ1) is 14.1. The molecule has 150 valence electrons. The summed E-state index contributed by atoms with van der Waals surface area (Å²) in [5, 5.41) is 2.86. The first kappa shape index (κ1) is 18.8. The Morgan fingerprint density at radius 1 is 0.966 bits per heavy atom. The van der Waals surface area contributed by atoms with Crippen molar-refractivity contribution < 1.29 is 23.9 Å². The maximum Gasteiger partial charge on any atom is 0.253 e. The van der Waals surface area contributed by atoms with Crippen LogP contribution in [0.4, 0.5) is 0 Å². The van der Waals surface area contributed by atoms with Gasteiger partial charge in [-0.15, -0.1) is 0 Å². The van der Waals surface area contributed by atoms with Crippen molar-refractivity contribution >= 4 is 18.2 Å². The summed E-state index contributed by atoms with van der Waals surface area (Å²) in [4.78, 5) is 39.4. The van der Waals surface area contributed by atoms with Crippen LogP contribution >= 0.6 is 0 Å². The van der Waals surface area contributed by atoms with E-state index < -0.39 is 0 Å². The molecule has 0 atom stereocenters. The van der Waals surface area contributed by atoms with Crippen LogP contribution in [0.3, 0.4) is 0 Å². The molecule has 1 fully saturated rings. The Hall–Kier alpha value is -3.55. The van der Waals surface area contributed by atoms with Crippen LogP contribution in [0.25, 0.3) is 0 Å². The lowest BCUT2D eigenvalue weighted by atomic mass is 10.1. The monoisotopic (exact) mass is 395 g/mol. The number of ether oxygens (including phenoxy) is 2. The van der Waals surface area contributed by atoms with Crippen LogP contribution in [0, 0.1) is 0 Å². The van der Waals surface area contributed by atoms with E-state index in [1.807, 2.05) is 18.2 Å². The van der Waals surface area contributed by atoms with Crippen LogP contribution in [0.1, 0.15) is 26.3 Å². The molecule has 1 saturated heterocycles. The van der Waals surface area contributed by atoms with Crippen LogP contribution < -0.4 is 14.8 Å². The minimum Gasteiger partial charge on any atom is -0.454 e. The van der Waals surface area contributed by atoms with Gasteiger partial charge in [-0.2, -0.15) is 0 Å². The van der Waals surface area contributed by atoms with Gasteiger partial charge < -0.3 is 24.6 Å². The first-order valence-corrected chi connectivity index (χ1v) is 9.39. The summed E-state index contributed by atoms with van der Waals surface area (Å²) in [6.45, 7) is 2.55. The second-order valence-electron chi connectivity index (χ2n) is 6.88. The fourth-order valence-electron chi connectivity index (χ4n) is 3.34. The SMILES string of the molecule is O=CN1CCN(C(=O)c2cccc(C(=O)NCc3ccc4c(c3)OCO4)c2)CC1. The Kier molecular flexibility index (Phi) is 5.33. The molecule has 0 aromatic heterocycles. The number of carbonyl (C=O) groups is 3. The molecule has 2 aliphatic heterocycles. The van der Waals surface area contributed by atoms with E-state index in [0.29, 0.717) is 55.3 Å². The minimum atomic E-state index is -0.261. The average Bonchev–Trinajstić information content (AvgIpc) is 3.25. The van der Waals surface area contributed by atoms with Gasteiger partial charge in [-0.25, -0.2) is 0 Å². The van der Waals surface area contributed by atoms with Crippen LogP contribution in [-0.2, 0) is 11.3 Å². The second kappa shape index (κ2) is 8.22. The predicted octanol–water partition coefficient (Wildman–Crippen LogP) is 1.26. The number of rotatable bonds is 5. The van der Waals surface area contributed by atoms with E-state index in [4.69, 9.17) is 9.47 Å². The largest absolute Gasteiger partial charge is 0.454 e. The van der Waals surface area contributed by atoms with Crippen LogP contribution in [0.2, 0.25) is 0 Å². The number of piperazine rings is 1. The number of nitrogens with zero attached hydrogens (tertiary/aromatic N) is 2. The molecule has 0 aliphatic carbocycles. The molecule has 8 heteroatoms. The lowest BCUT2D eigenvalue weighted by Gasteiger charge is -2.32. The number of amides is 3. The summed E-state index contributed by atoms with van der Waals surface area (Å²) in [6.07, 6.45) is 0.799. The van der Waals surface area contributed by atoms with Gasteiger partial charge in [0.15, 0.2) is 11.5 Å². The zero-order valence-electron chi connectivity index (χ0n) is 15.8. The quantitative estimate of drug-likeness (QED) is 0.770. The van der Waals surface area contributed by atoms with E-state index in [-0.39, 0.29) is 18.6 Å². The molecule has 0 spiro atoms. The zero-order valence-corrected chi connectivity index (χ0v) is 15.8. The van der Waals surface area contributed by atoms with Crippen LogP contribution in [0.5, 0.6) is 11.5 Å². The molecule has 2 aliphatic rings. The van der Waals surface area contributed by atoms with Gasteiger partial charge in [0.05, 0.1) is 0 Å². The van der Waals surface area contributed by atoms with E-state index in [9.17, 15) is 14.4 Å². The van der Waals surface area contributed by atoms with Crippen molar-refractivity contribution in [2.45, 2.75) is 6.54 Å². The molecule has 8 nitrogen and oxygen atoms in total. The normalized spacial score (nSPS) is 15.2. The topological polar surface area (TPSA) is 88.2 Å². The molecule has 0 unspecified atom stereocenters. The highest BCUT2D eigenvalue weighted by atomic mass is 16.7. The molecule has 2 heterocycles. The first-order valence-electron chi connectivity index (χ1n) is 9.39. The molecule has 29 heavy (non-hydrogen) atoms. The Morgan fingerprint density at radius 3 is 2.52 bits per heavy atom. The van der Waals surface area contributed by atoms with Crippen molar-refractivity contribution in [1.29, 1.82) is 0 Å². The Labute approximate surface area is 168 Å². The fraction of sp³-hybridized carbons (Fsp3) is 0.286. The van der Waals surface area contributed by atoms with Crippen molar-refractivity contribution in [3.63, 3.8) is 0 Å². The number of carbonyl (C=O) groups excluding carboxylic acids is 3. The van der Waals surface area contributed by atoms with Crippen molar-refractivity contribution in [2.75, 3.05) is 33.0 Å². The number of hydrogen-bond donors (Lipinski definition) is 1. The third-order valence-corrected chi connectivity index (χ3v) is 5.01. The number of fused-ring (bicyclic) bond motifs is 1. The Balaban J connectivity index is 1.38. The predicted molar refractivity (Wildman–Crippen MR) is 104 cm³/mol. The van der Waals surface area contributed by atoms with E-state index >= 15 is 0 Å². The van der Waals surface area contributed by atoms with Crippen LogP contribution in [0.15, 0.2) is 42.5 Å². The van der Waals surface area contributed by atoms with Crippen molar-refractivity contribution in [3.05, 3.63) is 59.2 Å². The van der Waals surface area contributed by atoms with Gasteiger partial charge in [0.25, 0.3) is 11.8 Å². The second-order valence-corrected chi connectivity index (χ2v) is 6.88. The molecular formula is C21H21N3O5. The number of benzene rings is 2. The molecule has 3 amide bonds. The molecule has 1 N–H and O–H groups in total. The maximum atomic E-state index is 12.7. The average molecular weight is 395 g/mol. The molecule has 2 aromatic carbocycles. The summed E-state index contributed by atoms with van der Waals surface area (Å²) >= 11 is 0. The molecule has 0 bridgehead atoms. The summed E-state index contributed by atoms with van der Waals surface area (Å²) in [5.74, 6) is 0.961. The third-order valence-electron chi connectivity index (χ3n) is 5.01. The highest BCUT2D eigenvalue weighted by Gasteiger charge is 2.22. The number of nitrogens with one attached hydrogen (secondary N) is 1. The van der Waals surface area contributed by atoms with Crippen molar-refractivity contribution in [2.24, 2.45) is 0 Å². The molecule has 0 radical (unpaired) electrons. The van der Waals surface area contributed by atoms with Crippen molar-refractivity contribution in [1.82, 2.24) is 15.1 Å². The summed E-state index contributed by atoms with van der Waals surface area (Å²) in [7, 11) is 0. The van der Waals surface area contributed by atoms with E-state index in [1.54, 1.807) is 34.1 Å². The molecular weight excluding hydrogens is 374 g/mol. The standard InChI is InChI=1S/C21H21N3O5/c25-13-23-6-8-24(9-7-23)21(27)17-3-1-2-16(11-17)20(26)22-12-15-4-5-18-19(10-15)29-14-28-18/h1-5,10-11,13H,6-9,12,14H2,(H,22,26). The Morgan fingerprint density at radius 2 is 1.72 bits per heavy atom. The van der Waals surface area contributed by atoms with Crippen LogP contribution in [-0.4, -0.2) is 61.0 Å². The van der Waals surface area contributed by atoms with Gasteiger partial charge in [0.2, 0.25) is 13.2 Å². The van der Waals surface area contributed by atoms with Gasteiger partial charge in [-0.05, 0) is 35.9 Å². The maximum absolute atomic E-state index is 12.7. The molecule has 0 saturated carbocycles. The van der Waals surface area contributed by atoms with Gasteiger partial charge in [0, 0.05) is 43.9 Å². The van der Waals surface area contributed by atoms with Gasteiger partial charge in [-0.1, -0.05) is 12.1 Å². The van der Waals surface area contributed by atoms with Gasteiger partial charge in [0.1, 0.15) is 0 Å². The fourth-order valence-corrected chi connectivity index (χ4v) is 3.34. The highest BCUT2D eigenvalue weighted by molar-refractivity contribution is 5.99. The van der Waals surface area contributed by atoms with Crippen molar-refractivity contribution in [3.8, 4) is 11.5 Å². The lowest BCUT2D eigenvalue weighted by molar-refractivity contribution is -0.119. The van der Waals surface area contributed by atoms with Gasteiger partial charge in [-0.3, -0.25) is 14.4 Å². The molecule has 2 aromatic rings. The minimum absolute atomic E-state index is 0.138.